The number of benzene rings is 2. The number of aryl methyl sites for hydroxylation is 2. The van der Waals surface area contributed by atoms with Crippen LogP contribution in [-0.4, -0.2) is 0 Å². The Hall–Kier alpha value is -0.0600. The maximum atomic E-state index is 6.19. The molecule has 0 aliphatic carbocycles. The molecule has 0 fully saturated rings. The zero-order chi connectivity index (χ0) is 14.0. The summed E-state index contributed by atoms with van der Waals surface area (Å²) in [5, 5.41) is 0.823. The first kappa shape index (κ1) is 15.3. The largest absolute Gasteiger partial charge is 0.0835 e. The summed E-state index contributed by atoms with van der Waals surface area (Å²) in [6.07, 6.45) is 0.977. The third kappa shape index (κ3) is 3.96. The minimum atomic E-state index is 0.294. The van der Waals surface area contributed by atoms with Crippen LogP contribution in [0.5, 0.6) is 0 Å². The van der Waals surface area contributed by atoms with Crippen molar-refractivity contribution in [2.45, 2.75) is 25.1 Å². The molecule has 0 nitrogen and oxygen atoms in total. The lowest BCUT2D eigenvalue weighted by Gasteiger charge is -2.14. The van der Waals surface area contributed by atoms with Crippen molar-refractivity contribution in [3.63, 3.8) is 0 Å². The maximum absolute atomic E-state index is 6.19. The Morgan fingerprint density at radius 3 is 2.58 bits per heavy atom. The molecule has 0 saturated heterocycles. The van der Waals surface area contributed by atoms with Gasteiger partial charge >= 0.3 is 0 Å². The Morgan fingerprint density at radius 2 is 1.89 bits per heavy atom. The standard InChI is InChI=1S/C16H15BrClI/c1-10-3-4-11(2)13(7-10)8-14(17)12-5-6-16(19)15(18)9-12/h3-7,9,14H,8H2,1-2H3. The number of hydrogen-bond donors (Lipinski definition) is 0. The van der Waals surface area contributed by atoms with Crippen molar-refractivity contribution in [3.8, 4) is 0 Å². The number of alkyl halides is 1. The molecule has 2 rings (SSSR count). The molecule has 0 aromatic heterocycles. The molecule has 0 aliphatic rings. The van der Waals surface area contributed by atoms with E-state index in [1.165, 1.54) is 22.3 Å². The van der Waals surface area contributed by atoms with E-state index in [0.717, 1.165) is 15.0 Å². The second-order valence-electron chi connectivity index (χ2n) is 4.78. The van der Waals surface area contributed by atoms with Crippen LogP contribution in [0.1, 0.15) is 27.1 Å². The lowest BCUT2D eigenvalue weighted by molar-refractivity contribution is 0.936. The first-order chi connectivity index (χ1) is 8.97. The lowest BCUT2D eigenvalue weighted by atomic mass is 9.99. The van der Waals surface area contributed by atoms with Gasteiger partial charge < -0.3 is 0 Å². The number of rotatable bonds is 3. The van der Waals surface area contributed by atoms with Crippen molar-refractivity contribution in [1.29, 1.82) is 0 Å². The molecule has 1 atom stereocenters. The highest BCUT2D eigenvalue weighted by atomic mass is 127. The van der Waals surface area contributed by atoms with Crippen molar-refractivity contribution in [2.24, 2.45) is 0 Å². The predicted octanol–water partition coefficient (Wildman–Crippen LogP) is 6.24. The number of halogens is 3. The molecule has 0 bridgehead atoms. The molecule has 2 aromatic carbocycles. The molecular weight excluding hydrogens is 434 g/mol. The Labute approximate surface area is 141 Å². The van der Waals surface area contributed by atoms with Crippen LogP contribution in [0.25, 0.3) is 0 Å². The highest BCUT2D eigenvalue weighted by Crippen LogP contribution is 2.31. The van der Waals surface area contributed by atoms with E-state index in [9.17, 15) is 0 Å². The molecule has 2 aromatic rings. The molecular formula is C16H15BrClI. The van der Waals surface area contributed by atoms with E-state index in [-0.39, 0.29) is 0 Å². The van der Waals surface area contributed by atoms with E-state index in [2.05, 4.69) is 82.7 Å². The zero-order valence-corrected chi connectivity index (χ0v) is 15.4. The van der Waals surface area contributed by atoms with Crippen molar-refractivity contribution >= 4 is 50.1 Å². The van der Waals surface area contributed by atoms with E-state index in [1.54, 1.807) is 0 Å². The molecule has 0 spiro atoms. The van der Waals surface area contributed by atoms with Gasteiger partial charge in [0.2, 0.25) is 0 Å². The minimum Gasteiger partial charge on any atom is -0.0835 e. The third-order valence-electron chi connectivity index (χ3n) is 3.21. The van der Waals surface area contributed by atoms with E-state index in [0.29, 0.717) is 4.83 Å². The monoisotopic (exact) mass is 448 g/mol. The van der Waals surface area contributed by atoms with E-state index >= 15 is 0 Å². The molecule has 0 heterocycles. The Bertz CT molecular complexity index is 595. The molecule has 19 heavy (non-hydrogen) atoms. The van der Waals surface area contributed by atoms with Crippen LogP contribution in [0.2, 0.25) is 5.02 Å². The predicted molar refractivity (Wildman–Crippen MR) is 95.5 cm³/mol. The Morgan fingerprint density at radius 1 is 1.16 bits per heavy atom. The van der Waals surface area contributed by atoms with Gasteiger partial charge in [0.15, 0.2) is 0 Å². The molecule has 0 radical (unpaired) electrons. The topological polar surface area (TPSA) is 0 Å². The summed E-state index contributed by atoms with van der Waals surface area (Å²) >= 11 is 12.2. The Balaban J connectivity index is 2.22. The maximum Gasteiger partial charge on any atom is 0.0542 e. The quantitative estimate of drug-likeness (QED) is 0.384. The summed E-state index contributed by atoms with van der Waals surface area (Å²) in [7, 11) is 0. The van der Waals surface area contributed by atoms with Gasteiger partial charge in [0.05, 0.1) is 5.02 Å². The second-order valence-corrected chi connectivity index (χ2v) is 7.45. The molecule has 1 unspecified atom stereocenters. The van der Waals surface area contributed by atoms with Gasteiger partial charge in [-0.25, -0.2) is 0 Å². The highest BCUT2D eigenvalue weighted by molar-refractivity contribution is 14.1. The van der Waals surface area contributed by atoms with Gasteiger partial charge in [0.25, 0.3) is 0 Å². The van der Waals surface area contributed by atoms with Gasteiger partial charge in [-0.1, -0.05) is 57.4 Å². The van der Waals surface area contributed by atoms with Gasteiger partial charge in [-0.15, -0.1) is 0 Å². The fourth-order valence-corrected chi connectivity index (χ4v) is 3.20. The van der Waals surface area contributed by atoms with Crippen LogP contribution in [0.15, 0.2) is 36.4 Å². The van der Waals surface area contributed by atoms with Crippen molar-refractivity contribution in [2.75, 3.05) is 0 Å². The first-order valence-electron chi connectivity index (χ1n) is 6.12. The second kappa shape index (κ2) is 6.59. The molecule has 0 aliphatic heterocycles. The van der Waals surface area contributed by atoms with E-state index in [4.69, 9.17) is 11.6 Å². The lowest BCUT2D eigenvalue weighted by Crippen LogP contribution is -1.98. The molecule has 0 N–H and O–H groups in total. The van der Waals surface area contributed by atoms with Crippen molar-refractivity contribution in [1.82, 2.24) is 0 Å². The van der Waals surface area contributed by atoms with Crippen LogP contribution < -0.4 is 0 Å². The SMILES string of the molecule is Cc1ccc(C)c(CC(Br)c2ccc(I)c(Cl)c2)c1. The van der Waals surface area contributed by atoms with Crippen LogP contribution >= 0.6 is 50.1 Å². The van der Waals surface area contributed by atoms with Gasteiger partial charge in [-0.2, -0.15) is 0 Å². The van der Waals surface area contributed by atoms with Crippen LogP contribution in [0.3, 0.4) is 0 Å². The minimum absolute atomic E-state index is 0.294. The first-order valence-corrected chi connectivity index (χ1v) is 8.50. The average molecular weight is 450 g/mol. The Kier molecular flexibility index (Phi) is 5.32. The van der Waals surface area contributed by atoms with E-state index < -0.39 is 0 Å². The van der Waals surface area contributed by atoms with Crippen molar-refractivity contribution < 1.29 is 0 Å². The van der Waals surface area contributed by atoms with E-state index in [1.807, 2.05) is 6.07 Å². The summed E-state index contributed by atoms with van der Waals surface area (Å²) in [6.45, 7) is 4.29. The average Bonchev–Trinajstić information content (AvgIpc) is 2.37. The fourth-order valence-electron chi connectivity index (χ4n) is 2.04. The van der Waals surface area contributed by atoms with Crippen LogP contribution in [0, 0.1) is 17.4 Å². The highest BCUT2D eigenvalue weighted by Gasteiger charge is 2.11. The van der Waals surface area contributed by atoms with Crippen LogP contribution in [-0.2, 0) is 6.42 Å². The van der Waals surface area contributed by atoms with Crippen molar-refractivity contribution in [3.05, 3.63) is 67.2 Å². The fraction of sp³-hybridized carbons (Fsp3) is 0.250. The molecule has 3 heteroatoms. The van der Waals surface area contributed by atoms with Crippen LogP contribution in [0.4, 0.5) is 0 Å². The van der Waals surface area contributed by atoms with Gasteiger partial charge in [0, 0.05) is 8.40 Å². The summed E-state index contributed by atoms with van der Waals surface area (Å²) in [5.41, 5.74) is 5.26. The molecule has 0 saturated carbocycles. The zero-order valence-electron chi connectivity index (χ0n) is 10.9. The van der Waals surface area contributed by atoms with Gasteiger partial charge in [-0.3, -0.25) is 0 Å². The summed E-state index contributed by atoms with van der Waals surface area (Å²) < 4.78 is 1.09. The normalized spacial score (nSPS) is 12.5. The third-order valence-corrected chi connectivity index (χ3v) is 5.63. The smallest absolute Gasteiger partial charge is 0.0542 e. The molecule has 100 valence electrons. The molecule has 0 amide bonds. The number of hydrogen-bond acceptors (Lipinski definition) is 0. The summed E-state index contributed by atoms with van der Waals surface area (Å²) in [5.74, 6) is 0. The summed E-state index contributed by atoms with van der Waals surface area (Å²) in [4.78, 5) is 0.294. The van der Waals surface area contributed by atoms with Gasteiger partial charge in [-0.05, 0) is 71.7 Å². The van der Waals surface area contributed by atoms with Gasteiger partial charge in [0.1, 0.15) is 0 Å². The summed E-state index contributed by atoms with van der Waals surface area (Å²) in [6, 6.07) is 12.9.